The van der Waals surface area contributed by atoms with E-state index in [1.165, 1.54) is 67.4 Å². The molecule has 1 aromatic rings. The largest absolute Gasteiger partial charge is 0.316 e. The number of hydrogen-bond donors (Lipinski definition) is 1. The minimum absolute atomic E-state index is 0.553. The lowest BCUT2D eigenvalue weighted by molar-refractivity contribution is 0.0600. The van der Waals surface area contributed by atoms with E-state index in [0.29, 0.717) is 5.41 Å². The van der Waals surface area contributed by atoms with Gasteiger partial charge in [0.25, 0.3) is 0 Å². The third-order valence-electron chi connectivity index (χ3n) is 4.73. The molecule has 0 saturated carbocycles. The summed E-state index contributed by atoms with van der Waals surface area (Å²) in [5.74, 6) is 0. The van der Waals surface area contributed by atoms with Crippen molar-refractivity contribution in [2.24, 2.45) is 5.41 Å². The molecule has 1 N–H and O–H groups in total. The molecule has 0 radical (unpaired) electrons. The molecule has 2 fully saturated rings. The minimum atomic E-state index is 0.553. The van der Waals surface area contributed by atoms with Gasteiger partial charge in [-0.1, -0.05) is 0 Å². The number of aromatic nitrogens is 1. The fourth-order valence-corrected chi connectivity index (χ4v) is 4.60. The molecule has 2 saturated heterocycles. The number of nitrogens with one attached hydrogen (secondary N) is 1. The van der Waals surface area contributed by atoms with Crippen molar-refractivity contribution < 1.29 is 0 Å². The fourth-order valence-electron chi connectivity index (χ4n) is 3.62. The molecule has 1 atom stereocenters. The number of rotatable bonds is 2. The monoisotopic (exact) mass is 279 g/mol. The summed E-state index contributed by atoms with van der Waals surface area (Å²) in [5.41, 5.74) is 1.77. The summed E-state index contributed by atoms with van der Waals surface area (Å²) in [7, 11) is 0. The van der Waals surface area contributed by atoms with Gasteiger partial charge >= 0.3 is 0 Å². The standard InChI is InChI=1S/C15H25N3S/c1-12-13(2)19-14(17-12)9-18-8-4-6-15(11-18)5-3-7-16-10-15/h16H,3-11H2,1-2H3. The minimum Gasteiger partial charge on any atom is -0.316 e. The lowest BCUT2D eigenvalue weighted by atomic mass is 9.74. The van der Waals surface area contributed by atoms with E-state index < -0.39 is 0 Å². The van der Waals surface area contributed by atoms with E-state index in [0.717, 1.165) is 6.54 Å². The SMILES string of the molecule is Cc1nc(CN2CCCC3(CCCNC3)C2)sc1C. The Morgan fingerprint density at radius 2 is 2.16 bits per heavy atom. The summed E-state index contributed by atoms with van der Waals surface area (Å²) in [5, 5.41) is 4.90. The molecule has 0 aromatic carbocycles. The van der Waals surface area contributed by atoms with Crippen LogP contribution in [0.4, 0.5) is 0 Å². The summed E-state index contributed by atoms with van der Waals surface area (Å²) in [6.07, 6.45) is 5.52. The van der Waals surface area contributed by atoms with Gasteiger partial charge in [0, 0.05) is 18.0 Å². The summed E-state index contributed by atoms with van der Waals surface area (Å²) in [6, 6.07) is 0. The average molecular weight is 279 g/mol. The molecular weight excluding hydrogens is 254 g/mol. The Bertz CT molecular complexity index is 410. The Morgan fingerprint density at radius 3 is 2.84 bits per heavy atom. The van der Waals surface area contributed by atoms with Crippen LogP contribution in [0.25, 0.3) is 0 Å². The average Bonchev–Trinajstić information content (AvgIpc) is 2.69. The highest BCUT2D eigenvalue weighted by Crippen LogP contribution is 2.36. The van der Waals surface area contributed by atoms with E-state index in [2.05, 4.69) is 24.1 Å². The highest BCUT2D eigenvalue weighted by molar-refractivity contribution is 7.11. The summed E-state index contributed by atoms with van der Waals surface area (Å²) in [4.78, 5) is 8.71. The zero-order chi connectivity index (χ0) is 13.3. The van der Waals surface area contributed by atoms with E-state index in [1.807, 2.05) is 11.3 Å². The van der Waals surface area contributed by atoms with Crippen molar-refractivity contribution in [1.82, 2.24) is 15.2 Å². The maximum atomic E-state index is 4.70. The van der Waals surface area contributed by atoms with Gasteiger partial charge in [0.05, 0.1) is 12.2 Å². The number of nitrogens with zero attached hydrogens (tertiary/aromatic N) is 2. The van der Waals surface area contributed by atoms with Crippen LogP contribution >= 0.6 is 11.3 Å². The fraction of sp³-hybridized carbons (Fsp3) is 0.800. The highest BCUT2D eigenvalue weighted by atomic mass is 32.1. The van der Waals surface area contributed by atoms with E-state index >= 15 is 0 Å². The van der Waals surface area contributed by atoms with Crippen molar-refractivity contribution in [3.05, 3.63) is 15.6 Å². The molecule has 3 rings (SSSR count). The molecule has 0 amide bonds. The van der Waals surface area contributed by atoms with Crippen molar-refractivity contribution in [2.45, 2.75) is 46.1 Å². The summed E-state index contributed by atoms with van der Waals surface area (Å²) >= 11 is 1.87. The van der Waals surface area contributed by atoms with Crippen molar-refractivity contribution in [2.75, 3.05) is 26.2 Å². The van der Waals surface area contributed by atoms with Gasteiger partial charge in [-0.15, -0.1) is 11.3 Å². The Hall–Kier alpha value is -0.450. The molecule has 19 heavy (non-hydrogen) atoms. The van der Waals surface area contributed by atoms with E-state index in [9.17, 15) is 0 Å². The molecule has 0 bridgehead atoms. The molecule has 4 heteroatoms. The van der Waals surface area contributed by atoms with Gasteiger partial charge in [0.1, 0.15) is 5.01 Å². The number of piperidine rings is 2. The first-order valence-corrected chi connectivity index (χ1v) is 8.35. The maximum Gasteiger partial charge on any atom is 0.107 e. The van der Waals surface area contributed by atoms with Crippen LogP contribution in [0, 0.1) is 19.3 Å². The van der Waals surface area contributed by atoms with Crippen LogP contribution in [-0.4, -0.2) is 36.1 Å². The number of thiazole rings is 1. The molecular formula is C15H25N3S. The quantitative estimate of drug-likeness (QED) is 0.902. The van der Waals surface area contributed by atoms with E-state index in [1.54, 1.807) is 0 Å². The van der Waals surface area contributed by atoms with Crippen molar-refractivity contribution in [3.8, 4) is 0 Å². The van der Waals surface area contributed by atoms with Crippen LogP contribution in [-0.2, 0) is 6.54 Å². The summed E-state index contributed by atoms with van der Waals surface area (Å²) < 4.78 is 0. The molecule has 106 valence electrons. The molecule has 1 spiro atoms. The first-order chi connectivity index (χ1) is 9.17. The topological polar surface area (TPSA) is 28.2 Å². The van der Waals surface area contributed by atoms with Gasteiger partial charge in [-0.05, 0) is 58.0 Å². The van der Waals surface area contributed by atoms with Crippen molar-refractivity contribution in [1.29, 1.82) is 0 Å². The van der Waals surface area contributed by atoms with E-state index in [-0.39, 0.29) is 0 Å². The maximum absolute atomic E-state index is 4.70. The number of hydrogen-bond acceptors (Lipinski definition) is 4. The second-order valence-corrected chi connectivity index (χ2v) is 7.63. The van der Waals surface area contributed by atoms with Gasteiger partial charge in [0.15, 0.2) is 0 Å². The highest BCUT2D eigenvalue weighted by Gasteiger charge is 2.36. The first kappa shape index (κ1) is 13.5. The van der Waals surface area contributed by atoms with Gasteiger partial charge in [-0.3, -0.25) is 4.90 Å². The third-order valence-corrected chi connectivity index (χ3v) is 5.79. The Kier molecular flexibility index (Phi) is 3.92. The van der Waals surface area contributed by atoms with Crippen LogP contribution in [0.2, 0.25) is 0 Å². The third kappa shape index (κ3) is 3.01. The number of likely N-dealkylation sites (tertiary alicyclic amines) is 1. The second kappa shape index (κ2) is 5.51. The Morgan fingerprint density at radius 1 is 1.32 bits per heavy atom. The number of aryl methyl sites for hydroxylation is 2. The first-order valence-electron chi connectivity index (χ1n) is 7.53. The normalized spacial score (nSPS) is 28.9. The zero-order valence-corrected chi connectivity index (χ0v) is 13.0. The molecule has 2 aliphatic heterocycles. The van der Waals surface area contributed by atoms with Crippen LogP contribution in [0.1, 0.15) is 41.3 Å². The van der Waals surface area contributed by atoms with Gasteiger partial charge in [0.2, 0.25) is 0 Å². The predicted octanol–water partition coefficient (Wildman–Crippen LogP) is 2.73. The Labute approximate surface area is 120 Å². The predicted molar refractivity (Wildman–Crippen MR) is 80.6 cm³/mol. The van der Waals surface area contributed by atoms with Gasteiger partial charge < -0.3 is 5.32 Å². The second-order valence-electron chi connectivity index (χ2n) is 6.34. The summed E-state index contributed by atoms with van der Waals surface area (Å²) in [6.45, 7) is 10.3. The molecule has 0 aliphatic carbocycles. The van der Waals surface area contributed by atoms with Gasteiger partial charge in [-0.25, -0.2) is 4.98 Å². The zero-order valence-electron chi connectivity index (χ0n) is 12.2. The van der Waals surface area contributed by atoms with Crippen molar-refractivity contribution >= 4 is 11.3 Å². The molecule has 1 aromatic heterocycles. The molecule has 3 heterocycles. The van der Waals surface area contributed by atoms with Crippen molar-refractivity contribution in [3.63, 3.8) is 0 Å². The van der Waals surface area contributed by atoms with Crippen LogP contribution in [0.5, 0.6) is 0 Å². The van der Waals surface area contributed by atoms with Crippen LogP contribution in [0.3, 0.4) is 0 Å². The lowest BCUT2D eigenvalue weighted by Crippen LogP contribution is -2.50. The van der Waals surface area contributed by atoms with Gasteiger partial charge in [-0.2, -0.15) is 0 Å². The smallest absolute Gasteiger partial charge is 0.107 e. The van der Waals surface area contributed by atoms with Crippen LogP contribution in [0.15, 0.2) is 0 Å². The van der Waals surface area contributed by atoms with E-state index in [4.69, 9.17) is 4.98 Å². The Balaban J connectivity index is 1.64. The molecule has 2 aliphatic rings. The van der Waals surface area contributed by atoms with Crippen LogP contribution < -0.4 is 5.32 Å². The molecule has 3 nitrogen and oxygen atoms in total. The molecule has 1 unspecified atom stereocenters. The lowest BCUT2D eigenvalue weighted by Gasteiger charge is -2.45.